The van der Waals surface area contributed by atoms with Crippen LogP contribution < -0.4 is 0 Å². The van der Waals surface area contributed by atoms with Crippen LogP contribution in [0.25, 0.3) is 0 Å². The van der Waals surface area contributed by atoms with Crippen molar-refractivity contribution in [1.29, 1.82) is 5.26 Å². The molecule has 1 aliphatic heterocycles. The van der Waals surface area contributed by atoms with Crippen molar-refractivity contribution in [2.45, 2.75) is 38.8 Å². The first-order valence-corrected chi connectivity index (χ1v) is 7.49. The molecule has 0 saturated carbocycles. The van der Waals surface area contributed by atoms with Gasteiger partial charge in [0.1, 0.15) is 11.6 Å². The number of H-pyrrole nitrogens is 1. The molecule has 2 aromatic rings. The topological polar surface area (TPSA) is 68.6 Å². The van der Waals surface area contributed by atoms with Crippen LogP contribution in [0.1, 0.15) is 48.1 Å². The van der Waals surface area contributed by atoms with Crippen molar-refractivity contribution in [2.24, 2.45) is 0 Å². The molecule has 1 atom stereocenters. The molecule has 0 aliphatic carbocycles. The van der Waals surface area contributed by atoms with E-state index in [9.17, 15) is 4.39 Å². The Bertz CT molecular complexity index is 703. The molecule has 1 aliphatic rings. The lowest BCUT2D eigenvalue weighted by Gasteiger charge is -2.34. The molecule has 0 amide bonds. The number of halogens is 1. The second kappa shape index (κ2) is 6.24. The van der Waals surface area contributed by atoms with E-state index in [2.05, 4.69) is 20.1 Å². The van der Waals surface area contributed by atoms with Crippen molar-refractivity contribution in [3.05, 3.63) is 46.8 Å². The van der Waals surface area contributed by atoms with Gasteiger partial charge < -0.3 is 0 Å². The van der Waals surface area contributed by atoms with E-state index >= 15 is 0 Å². The average molecular weight is 299 g/mol. The maximum Gasteiger partial charge on any atom is 0.167 e. The first kappa shape index (κ1) is 14.7. The highest BCUT2D eigenvalue weighted by Crippen LogP contribution is 2.30. The summed E-state index contributed by atoms with van der Waals surface area (Å²) in [5.74, 6) is 1.26. The van der Waals surface area contributed by atoms with Gasteiger partial charge in [-0.2, -0.15) is 10.4 Å². The summed E-state index contributed by atoms with van der Waals surface area (Å²) in [6.45, 7) is 3.29. The summed E-state index contributed by atoms with van der Waals surface area (Å²) in [5, 5.41) is 16.0. The Labute approximate surface area is 128 Å². The zero-order chi connectivity index (χ0) is 15.5. The molecule has 1 aromatic carbocycles. The second-order valence-corrected chi connectivity index (χ2v) is 5.68. The highest BCUT2D eigenvalue weighted by molar-refractivity contribution is 5.32. The minimum atomic E-state index is -0.324. The Morgan fingerprint density at radius 2 is 2.32 bits per heavy atom. The third-order valence-corrected chi connectivity index (χ3v) is 4.08. The lowest BCUT2D eigenvalue weighted by Crippen LogP contribution is -2.33. The van der Waals surface area contributed by atoms with Gasteiger partial charge in [0.15, 0.2) is 5.82 Å². The van der Waals surface area contributed by atoms with E-state index in [4.69, 9.17) is 5.26 Å². The SMILES string of the molecule is Cc1nc(C2CCCCN2Cc2ccc(C#N)cc2F)n[nH]1. The van der Waals surface area contributed by atoms with Gasteiger partial charge in [0.25, 0.3) is 0 Å². The molecule has 1 saturated heterocycles. The number of nitriles is 1. The smallest absolute Gasteiger partial charge is 0.167 e. The third-order valence-electron chi connectivity index (χ3n) is 4.08. The van der Waals surface area contributed by atoms with Gasteiger partial charge >= 0.3 is 0 Å². The molecule has 6 heteroatoms. The third kappa shape index (κ3) is 3.00. The fourth-order valence-electron chi connectivity index (χ4n) is 2.95. The lowest BCUT2D eigenvalue weighted by molar-refractivity contribution is 0.132. The molecule has 5 nitrogen and oxygen atoms in total. The highest BCUT2D eigenvalue weighted by atomic mass is 19.1. The monoisotopic (exact) mass is 299 g/mol. The number of piperidine rings is 1. The summed E-state index contributed by atoms with van der Waals surface area (Å²) in [6.07, 6.45) is 3.21. The maximum atomic E-state index is 14.1. The number of aryl methyl sites for hydroxylation is 1. The van der Waals surface area contributed by atoms with Gasteiger partial charge in [0, 0.05) is 12.1 Å². The van der Waals surface area contributed by atoms with Gasteiger partial charge in [-0.1, -0.05) is 12.5 Å². The molecule has 2 heterocycles. The van der Waals surface area contributed by atoms with Crippen LogP contribution in [-0.2, 0) is 6.54 Å². The number of likely N-dealkylation sites (tertiary alicyclic amines) is 1. The Morgan fingerprint density at radius 1 is 1.45 bits per heavy atom. The van der Waals surface area contributed by atoms with Crippen LogP contribution >= 0.6 is 0 Å². The lowest BCUT2D eigenvalue weighted by atomic mass is 10.00. The fourth-order valence-corrected chi connectivity index (χ4v) is 2.95. The van der Waals surface area contributed by atoms with Crippen LogP contribution in [0.4, 0.5) is 4.39 Å². The number of benzene rings is 1. The minimum absolute atomic E-state index is 0.119. The Hall–Kier alpha value is -2.26. The number of nitrogens with zero attached hydrogens (tertiary/aromatic N) is 4. The number of hydrogen-bond donors (Lipinski definition) is 1. The van der Waals surface area contributed by atoms with E-state index in [-0.39, 0.29) is 11.9 Å². The van der Waals surface area contributed by atoms with E-state index in [1.807, 2.05) is 13.0 Å². The van der Waals surface area contributed by atoms with Crippen LogP contribution in [-0.4, -0.2) is 26.6 Å². The van der Waals surface area contributed by atoms with E-state index in [0.717, 1.165) is 37.5 Å². The van der Waals surface area contributed by atoms with Crippen molar-refractivity contribution >= 4 is 0 Å². The number of aromatic amines is 1. The van der Waals surface area contributed by atoms with Gasteiger partial charge in [-0.15, -0.1) is 0 Å². The Kier molecular flexibility index (Phi) is 4.16. The quantitative estimate of drug-likeness (QED) is 0.946. The number of hydrogen-bond acceptors (Lipinski definition) is 4. The maximum absolute atomic E-state index is 14.1. The Balaban J connectivity index is 1.81. The van der Waals surface area contributed by atoms with E-state index < -0.39 is 0 Å². The normalized spacial score (nSPS) is 19.0. The molecule has 1 unspecified atom stereocenters. The number of rotatable bonds is 3. The number of aromatic nitrogens is 3. The Morgan fingerprint density at radius 3 is 3.00 bits per heavy atom. The molecule has 1 fully saturated rings. The molecular weight excluding hydrogens is 281 g/mol. The van der Waals surface area contributed by atoms with Crippen LogP contribution in [0.3, 0.4) is 0 Å². The van der Waals surface area contributed by atoms with Crippen molar-refractivity contribution in [3.63, 3.8) is 0 Å². The first-order chi connectivity index (χ1) is 10.7. The summed E-state index contributed by atoms with van der Waals surface area (Å²) in [5.41, 5.74) is 0.958. The van der Waals surface area contributed by atoms with Crippen molar-refractivity contribution < 1.29 is 4.39 Å². The number of nitrogens with one attached hydrogen (secondary N) is 1. The molecule has 3 rings (SSSR count). The van der Waals surface area contributed by atoms with Gasteiger partial charge in [0.2, 0.25) is 0 Å². The van der Waals surface area contributed by atoms with E-state index in [1.54, 1.807) is 12.1 Å². The minimum Gasteiger partial charge on any atom is -0.289 e. The predicted octanol–water partition coefficient (Wildman–Crippen LogP) is 2.85. The van der Waals surface area contributed by atoms with Crippen LogP contribution in [0.15, 0.2) is 18.2 Å². The van der Waals surface area contributed by atoms with Crippen LogP contribution in [0, 0.1) is 24.1 Å². The van der Waals surface area contributed by atoms with Gasteiger partial charge in [0.05, 0.1) is 17.7 Å². The van der Waals surface area contributed by atoms with Crippen LogP contribution in [0.5, 0.6) is 0 Å². The van der Waals surface area contributed by atoms with E-state index in [1.165, 1.54) is 6.07 Å². The molecule has 22 heavy (non-hydrogen) atoms. The largest absolute Gasteiger partial charge is 0.289 e. The highest BCUT2D eigenvalue weighted by Gasteiger charge is 2.27. The van der Waals surface area contributed by atoms with Gasteiger partial charge in [-0.25, -0.2) is 9.37 Å². The fraction of sp³-hybridized carbons (Fsp3) is 0.438. The molecule has 114 valence electrons. The van der Waals surface area contributed by atoms with Gasteiger partial charge in [-0.05, 0) is 38.4 Å². The molecule has 1 N–H and O–H groups in total. The molecular formula is C16H18FN5. The standard InChI is InChI=1S/C16H18FN5/c1-11-19-16(21-20-11)15-4-2-3-7-22(15)10-13-6-5-12(9-18)8-14(13)17/h5-6,8,15H,2-4,7,10H2,1H3,(H,19,20,21). The summed E-state index contributed by atoms with van der Waals surface area (Å²) in [7, 11) is 0. The van der Waals surface area contributed by atoms with Crippen molar-refractivity contribution in [3.8, 4) is 6.07 Å². The van der Waals surface area contributed by atoms with E-state index in [0.29, 0.717) is 17.7 Å². The van der Waals surface area contributed by atoms with Crippen molar-refractivity contribution in [1.82, 2.24) is 20.1 Å². The van der Waals surface area contributed by atoms with Crippen molar-refractivity contribution in [2.75, 3.05) is 6.54 Å². The molecule has 0 radical (unpaired) electrons. The average Bonchev–Trinajstić information content (AvgIpc) is 2.96. The second-order valence-electron chi connectivity index (χ2n) is 5.68. The van der Waals surface area contributed by atoms with Gasteiger partial charge in [-0.3, -0.25) is 10.00 Å². The molecule has 0 bridgehead atoms. The summed E-state index contributed by atoms with van der Waals surface area (Å²) >= 11 is 0. The summed E-state index contributed by atoms with van der Waals surface area (Å²) in [4.78, 5) is 6.65. The molecule has 1 aromatic heterocycles. The zero-order valence-corrected chi connectivity index (χ0v) is 12.5. The predicted molar refractivity (Wildman–Crippen MR) is 79.2 cm³/mol. The summed E-state index contributed by atoms with van der Waals surface area (Å²) < 4.78 is 14.1. The summed E-state index contributed by atoms with van der Waals surface area (Å²) in [6, 6.07) is 6.73. The van der Waals surface area contributed by atoms with Crippen LogP contribution in [0.2, 0.25) is 0 Å². The molecule has 0 spiro atoms. The first-order valence-electron chi connectivity index (χ1n) is 7.49. The zero-order valence-electron chi connectivity index (χ0n) is 12.5.